The largest absolute Gasteiger partial charge is 0.436 e. The summed E-state index contributed by atoms with van der Waals surface area (Å²) in [5.41, 5.74) is 0.700. The molecule has 0 unspecified atom stereocenters. The number of amides is 1. The van der Waals surface area contributed by atoms with Crippen LogP contribution in [0.1, 0.15) is 22.1 Å². The van der Waals surface area contributed by atoms with E-state index in [9.17, 15) is 9.59 Å². The highest BCUT2D eigenvalue weighted by molar-refractivity contribution is 6.02. The summed E-state index contributed by atoms with van der Waals surface area (Å²) in [6.07, 6.45) is 2.91. The molecule has 0 fully saturated rings. The summed E-state index contributed by atoms with van der Waals surface area (Å²) in [7, 11) is 0. The van der Waals surface area contributed by atoms with Gasteiger partial charge in [0, 0.05) is 13.1 Å². The van der Waals surface area contributed by atoms with Crippen molar-refractivity contribution in [2.75, 3.05) is 5.32 Å². The van der Waals surface area contributed by atoms with Crippen LogP contribution < -0.4 is 10.9 Å². The van der Waals surface area contributed by atoms with E-state index < -0.39 is 5.91 Å². The van der Waals surface area contributed by atoms with E-state index >= 15 is 0 Å². The number of hydrogen-bond donors (Lipinski definition) is 1. The minimum absolute atomic E-state index is 0.0807. The van der Waals surface area contributed by atoms with Crippen molar-refractivity contribution in [2.24, 2.45) is 0 Å². The van der Waals surface area contributed by atoms with E-state index in [2.05, 4.69) is 15.3 Å². The van der Waals surface area contributed by atoms with Crippen molar-refractivity contribution in [3.8, 4) is 0 Å². The highest BCUT2D eigenvalue weighted by atomic mass is 16.4. The average molecular weight is 284 g/mol. The SMILES string of the molecule is Cc1nc(C)c(C(=O)Nc2cnc3ccccn3c2=O)o1. The maximum atomic E-state index is 12.2. The molecule has 0 aliphatic carbocycles. The lowest BCUT2D eigenvalue weighted by Crippen LogP contribution is -2.23. The first-order chi connectivity index (χ1) is 10.1. The molecular weight excluding hydrogens is 272 g/mol. The minimum atomic E-state index is -0.525. The van der Waals surface area contributed by atoms with E-state index in [0.29, 0.717) is 17.2 Å². The summed E-state index contributed by atoms with van der Waals surface area (Å²) in [5.74, 6) is -0.0426. The number of rotatable bonds is 2. The Labute approximate surface area is 119 Å². The lowest BCUT2D eigenvalue weighted by Gasteiger charge is -2.04. The van der Waals surface area contributed by atoms with Crippen LogP contribution in [0.25, 0.3) is 5.65 Å². The summed E-state index contributed by atoms with van der Waals surface area (Å²) in [4.78, 5) is 32.5. The molecular formula is C14H12N4O3. The second kappa shape index (κ2) is 4.86. The van der Waals surface area contributed by atoms with Gasteiger partial charge in [-0.05, 0) is 19.1 Å². The number of nitrogens with one attached hydrogen (secondary N) is 1. The first kappa shape index (κ1) is 13.0. The minimum Gasteiger partial charge on any atom is -0.436 e. The lowest BCUT2D eigenvalue weighted by atomic mass is 10.3. The first-order valence-corrected chi connectivity index (χ1v) is 6.28. The van der Waals surface area contributed by atoms with E-state index in [-0.39, 0.29) is 17.0 Å². The molecule has 3 rings (SSSR count). The molecule has 1 N–H and O–H groups in total. The van der Waals surface area contributed by atoms with Gasteiger partial charge in [0.2, 0.25) is 5.76 Å². The summed E-state index contributed by atoms with van der Waals surface area (Å²) < 4.78 is 6.58. The predicted octanol–water partition coefficient (Wildman–Crippen LogP) is 1.55. The average Bonchev–Trinajstić information content (AvgIpc) is 2.81. The number of aryl methyl sites for hydroxylation is 2. The number of carbonyl (C=O) groups is 1. The fourth-order valence-corrected chi connectivity index (χ4v) is 2.03. The Morgan fingerprint density at radius 1 is 1.33 bits per heavy atom. The Bertz CT molecular complexity index is 895. The van der Waals surface area contributed by atoms with Crippen molar-refractivity contribution in [3.05, 3.63) is 58.3 Å². The van der Waals surface area contributed by atoms with Gasteiger partial charge in [-0.3, -0.25) is 14.0 Å². The smallest absolute Gasteiger partial charge is 0.293 e. The van der Waals surface area contributed by atoms with Crippen molar-refractivity contribution < 1.29 is 9.21 Å². The number of aromatic nitrogens is 3. The van der Waals surface area contributed by atoms with Crippen molar-refractivity contribution in [2.45, 2.75) is 13.8 Å². The third-order valence-corrected chi connectivity index (χ3v) is 2.97. The van der Waals surface area contributed by atoms with Crippen molar-refractivity contribution >= 4 is 17.2 Å². The number of carbonyl (C=O) groups excluding carboxylic acids is 1. The van der Waals surface area contributed by atoms with Gasteiger partial charge in [-0.25, -0.2) is 9.97 Å². The molecule has 0 aliphatic rings. The Morgan fingerprint density at radius 2 is 2.14 bits per heavy atom. The molecule has 3 aromatic heterocycles. The standard InChI is InChI=1S/C14H12N4O3/c1-8-12(21-9(2)16-8)13(19)17-10-7-15-11-5-3-4-6-18(11)14(10)20/h3-7H,1-2H3,(H,17,19). The van der Waals surface area contributed by atoms with Gasteiger partial charge in [0.15, 0.2) is 5.89 Å². The molecule has 0 spiro atoms. The predicted molar refractivity (Wildman–Crippen MR) is 75.4 cm³/mol. The summed E-state index contributed by atoms with van der Waals surface area (Å²) in [6, 6.07) is 5.20. The zero-order valence-electron chi connectivity index (χ0n) is 11.5. The molecule has 3 heterocycles. The van der Waals surface area contributed by atoms with Crippen LogP contribution in [0.3, 0.4) is 0 Å². The number of nitrogens with zero attached hydrogens (tertiary/aromatic N) is 3. The lowest BCUT2D eigenvalue weighted by molar-refractivity contribution is 0.0994. The molecule has 0 atom stereocenters. The van der Waals surface area contributed by atoms with Gasteiger partial charge in [0.05, 0.1) is 11.9 Å². The fourth-order valence-electron chi connectivity index (χ4n) is 2.03. The van der Waals surface area contributed by atoms with Gasteiger partial charge in [0.1, 0.15) is 11.3 Å². The van der Waals surface area contributed by atoms with Crippen LogP contribution in [0, 0.1) is 13.8 Å². The molecule has 21 heavy (non-hydrogen) atoms. The maximum absolute atomic E-state index is 12.2. The number of hydrogen-bond acceptors (Lipinski definition) is 5. The monoisotopic (exact) mass is 284 g/mol. The van der Waals surface area contributed by atoms with E-state index in [1.54, 1.807) is 38.2 Å². The van der Waals surface area contributed by atoms with E-state index in [1.165, 1.54) is 10.6 Å². The molecule has 0 bridgehead atoms. The second-order valence-electron chi connectivity index (χ2n) is 4.51. The number of anilines is 1. The van der Waals surface area contributed by atoms with E-state index in [1.807, 2.05) is 0 Å². The Kier molecular flexibility index (Phi) is 3.02. The maximum Gasteiger partial charge on any atom is 0.293 e. The van der Waals surface area contributed by atoms with E-state index in [4.69, 9.17) is 4.42 Å². The Hall–Kier alpha value is -2.96. The van der Waals surface area contributed by atoms with Gasteiger partial charge in [-0.2, -0.15) is 0 Å². The van der Waals surface area contributed by atoms with Gasteiger partial charge < -0.3 is 9.73 Å². The summed E-state index contributed by atoms with van der Waals surface area (Å²) in [6.45, 7) is 3.31. The van der Waals surface area contributed by atoms with Crippen LogP contribution in [0.5, 0.6) is 0 Å². The normalized spacial score (nSPS) is 10.8. The van der Waals surface area contributed by atoms with Gasteiger partial charge in [-0.15, -0.1) is 0 Å². The fraction of sp³-hybridized carbons (Fsp3) is 0.143. The molecule has 0 aliphatic heterocycles. The van der Waals surface area contributed by atoms with Crippen LogP contribution in [0.4, 0.5) is 5.69 Å². The van der Waals surface area contributed by atoms with Crippen LogP contribution in [0.15, 0.2) is 39.8 Å². The van der Waals surface area contributed by atoms with Crippen LogP contribution in [0.2, 0.25) is 0 Å². The van der Waals surface area contributed by atoms with E-state index in [0.717, 1.165) is 0 Å². The zero-order chi connectivity index (χ0) is 15.0. The number of pyridine rings is 1. The van der Waals surface area contributed by atoms with Crippen LogP contribution >= 0.6 is 0 Å². The van der Waals surface area contributed by atoms with Crippen molar-refractivity contribution in [1.29, 1.82) is 0 Å². The molecule has 106 valence electrons. The molecule has 0 saturated carbocycles. The van der Waals surface area contributed by atoms with Gasteiger partial charge >= 0.3 is 0 Å². The zero-order valence-corrected chi connectivity index (χ0v) is 11.5. The molecule has 7 nitrogen and oxygen atoms in total. The molecule has 0 aromatic carbocycles. The molecule has 0 radical (unpaired) electrons. The van der Waals surface area contributed by atoms with Gasteiger partial charge in [0.25, 0.3) is 11.5 Å². The number of fused-ring (bicyclic) bond motifs is 1. The number of oxazole rings is 1. The van der Waals surface area contributed by atoms with Crippen LogP contribution in [-0.2, 0) is 0 Å². The highest BCUT2D eigenvalue weighted by Gasteiger charge is 2.17. The third kappa shape index (κ3) is 2.29. The highest BCUT2D eigenvalue weighted by Crippen LogP contribution is 2.11. The molecule has 0 saturated heterocycles. The molecule has 7 heteroatoms. The Balaban J connectivity index is 1.99. The van der Waals surface area contributed by atoms with Crippen LogP contribution in [-0.4, -0.2) is 20.3 Å². The summed E-state index contributed by atoms with van der Waals surface area (Å²) in [5, 5.41) is 2.50. The molecule has 1 amide bonds. The quantitative estimate of drug-likeness (QED) is 0.771. The third-order valence-electron chi connectivity index (χ3n) is 2.97. The molecule has 3 aromatic rings. The first-order valence-electron chi connectivity index (χ1n) is 6.28. The van der Waals surface area contributed by atoms with Crippen molar-refractivity contribution in [3.63, 3.8) is 0 Å². The second-order valence-corrected chi connectivity index (χ2v) is 4.51. The summed E-state index contributed by atoms with van der Waals surface area (Å²) >= 11 is 0. The van der Waals surface area contributed by atoms with Crippen molar-refractivity contribution in [1.82, 2.24) is 14.4 Å². The Morgan fingerprint density at radius 3 is 2.86 bits per heavy atom. The van der Waals surface area contributed by atoms with Gasteiger partial charge in [-0.1, -0.05) is 6.07 Å². The topological polar surface area (TPSA) is 89.5 Å².